The first-order chi connectivity index (χ1) is 13.1. The first-order valence-corrected chi connectivity index (χ1v) is 11.5. The molecule has 0 amide bonds. The van der Waals surface area contributed by atoms with Gasteiger partial charge in [-0.15, -0.1) is 23.1 Å². The molecule has 4 nitrogen and oxygen atoms in total. The molecule has 1 aliphatic carbocycles. The van der Waals surface area contributed by atoms with Crippen LogP contribution in [-0.4, -0.2) is 35.0 Å². The molecule has 1 aromatic heterocycles. The fourth-order valence-electron chi connectivity index (χ4n) is 4.89. The van der Waals surface area contributed by atoms with Gasteiger partial charge in [0.1, 0.15) is 10.9 Å². The smallest absolute Gasteiger partial charge is 0.155 e. The van der Waals surface area contributed by atoms with E-state index in [2.05, 4.69) is 37.4 Å². The van der Waals surface area contributed by atoms with Gasteiger partial charge in [-0.3, -0.25) is 9.59 Å². The SMILES string of the molecule is CCc1sc(-c2ccc(SC)cc2)nc1C1C(=O)[C@@H]2[C@H](C1=O)[C@@H]1CC[C@H]2O1. The second-order valence-corrected chi connectivity index (χ2v) is 9.45. The quantitative estimate of drug-likeness (QED) is 0.572. The molecule has 1 aromatic carbocycles. The van der Waals surface area contributed by atoms with Gasteiger partial charge in [0.05, 0.1) is 29.7 Å². The van der Waals surface area contributed by atoms with Crippen LogP contribution in [0.5, 0.6) is 0 Å². The lowest BCUT2D eigenvalue weighted by Crippen LogP contribution is -2.29. The predicted octanol–water partition coefficient (Wildman–Crippen LogP) is 4.12. The Hall–Kier alpha value is -1.50. The summed E-state index contributed by atoms with van der Waals surface area (Å²) in [4.78, 5) is 33.4. The van der Waals surface area contributed by atoms with E-state index in [4.69, 9.17) is 9.72 Å². The minimum atomic E-state index is -0.683. The number of aromatic nitrogens is 1. The summed E-state index contributed by atoms with van der Waals surface area (Å²) in [6.07, 6.45) is 4.54. The number of hydrogen-bond donors (Lipinski definition) is 0. The van der Waals surface area contributed by atoms with Crippen LogP contribution in [0.2, 0.25) is 0 Å². The standard InChI is InChI=1S/C21H21NO3S2/c1-3-14-18(22-21(27-14)10-4-6-11(26-2)7-5-10)17-19(23)15-12-8-9-13(25-12)16(15)20(17)24/h4-7,12-13,15-17H,3,8-9H2,1-2H3/t12-,13+,15+,16-,17?. The third-order valence-corrected chi connectivity index (χ3v) is 8.17. The Morgan fingerprint density at radius 1 is 1.11 bits per heavy atom. The van der Waals surface area contributed by atoms with Crippen LogP contribution in [0.4, 0.5) is 0 Å². The van der Waals surface area contributed by atoms with Gasteiger partial charge in [-0.2, -0.15) is 0 Å². The molecule has 3 heterocycles. The average Bonchev–Trinajstić information content (AvgIpc) is 3.45. The molecule has 2 aliphatic heterocycles. The van der Waals surface area contributed by atoms with Crippen LogP contribution in [0.1, 0.15) is 36.3 Å². The summed E-state index contributed by atoms with van der Waals surface area (Å²) in [5.74, 6) is -1.07. The van der Waals surface area contributed by atoms with Crippen molar-refractivity contribution in [3.05, 3.63) is 34.8 Å². The van der Waals surface area contributed by atoms with E-state index in [-0.39, 0.29) is 35.6 Å². The lowest BCUT2D eigenvalue weighted by Gasteiger charge is -2.16. The van der Waals surface area contributed by atoms with Crippen LogP contribution in [0.25, 0.3) is 10.6 Å². The molecule has 3 fully saturated rings. The van der Waals surface area contributed by atoms with Gasteiger partial charge in [0.2, 0.25) is 0 Å². The van der Waals surface area contributed by atoms with Crippen molar-refractivity contribution in [2.75, 3.05) is 6.26 Å². The van der Waals surface area contributed by atoms with E-state index in [1.54, 1.807) is 23.1 Å². The van der Waals surface area contributed by atoms with Gasteiger partial charge in [-0.05, 0) is 37.7 Å². The number of ketones is 2. The van der Waals surface area contributed by atoms with Gasteiger partial charge in [0, 0.05) is 15.3 Å². The van der Waals surface area contributed by atoms with E-state index in [0.717, 1.165) is 34.7 Å². The van der Waals surface area contributed by atoms with Gasteiger partial charge in [0.15, 0.2) is 11.6 Å². The van der Waals surface area contributed by atoms with E-state index < -0.39 is 5.92 Å². The Kier molecular flexibility index (Phi) is 4.26. The number of thiazole rings is 1. The predicted molar refractivity (Wildman–Crippen MR) is 106 cm³/mol. The maximum absolute atomic E-state index is 13.1. The fraction of sp³-hybridized carbons (Fsp3) is 0.476. The topological polar surface area (TPSA) is 56.3 Å². The van der Waals surface area contributed by atoms with Crippen LogP contribution in [0.3, 0.4) is 0 Å². The Morgan fingerprint density at radius 2 is 1.74 bits per heavy atom. The largest absolute Gasteiger partial charge is 0.373 e. The van der Waals surface area contributed by atoms with Crippen molar-refractivity contribution in [3.63, 3.8) is 0 Å². The molecule has 2 saturated heterocycles. The molecule has 0 N–H and O–H groups in total. The number of nitrogens with zero attached hydrogens (tertiary/aromatic N) is 1. The molecule has 0 radical (unpaired) electrons. The number of carbonyl (C=O) groups is 2. The van der Waals surface area contributed by atoms with E-state index in [1.165, 1.54) is 4.90 Å². The number of fused-ring (bicyclic) bond motifs is 5. The molecule has 1 saturated carbocycles. The zero-order valence-electron chi connectivity index (χ0n) is 15.3. The summed E-state index contributed by atoms with van der Waals surface area (Å²) in [5, 5.41) is 0.895. The highest BCUT2D eigenvalue weighted by molar-refractivity contribution is 7.98. The normalized spacial score (nSPS) is 31.7. The zero-order chi connectivity index (χ0) is 18.7. The molecule has 5 rings (SSSR count). The van der Waals surface area contributed by atoms with E-state index in [1.807, 2.05) is 0 Å². The van der Waals surface area contributed by atoms with Crippen molar-refractivity contribution in [1.82, 2.24) is 4.98 Å². The van der Waals surface area contributed by atoms with E-state index >= 15 is 0 Å². The maximum atomic E-state index is 13.1. The molecule has 0 spiro atoms. The van der Waals surface area contributed by atoms with Gasteiger partial charge >= 0.3 is 0 Å². The maximum Gasteiger partial charge on any atom is 0.155 e. The van der Waals surface area contributed by atoms with Crippen LogP contribution < -0.4 is 0 Å². The van der Waals surface area contributed by atoms with Gasteiger partial charge < -0.3 is 4.74 Å². The zero-order valence-corrected chi connectivity index (χ0v) is 16.9. The molecule has 140 valence electrons. The summed E-state index contributed by atoms with van der Waals surface area (Å²) in [6.45, 7) is 2.06. The minimum Gasteiger partial charge on any atom is -0.373 e. The summed E-state index contributed by atoms with van der Waals surface area (Å²) in [7, 11) is 0. The summed E-state index contributed by atoms with van der Waals surface area (Å²) in [5.41, 5.74) is 1.75. The summed E-state index contributed by atoms with van der Waals surface area (Å²) < 4.78 is 5.86. The van der Waals surface area contributed by atoms with Crippen LogP contribution in [0, 0.1) is 11.8 Å². The number of carbonyl (C=O) groups excluding carboxylic acids is 2. The highest BCUT2D eigenvalue weighted by Gasteiger charge is 2.63. The third kappa shape index (κ3) is 2.57. The fourth-order valence-corrected chi connectivity index (χ4v) is 6.35. The van der Waals surface area contributed by atoms with Crippen molar-refractivity contribution in [2.24, 2.45) is 11.8 Å². The van der Waals surface area contributed by atoms with Crippen molar-refractivity contribution in [3.8, 4) is 10.6 Å². The number of aryl methyl sites for hydroxylation is 1. The number of ether oxygens (including phenoxy) is 1. The molecule has 3 aliphatic rings. The molecule has 2 aromatic rings. The number of Topliss-reactive ketones (excluding diaryl/α,β-unsaturated/α-hetero) is 2. The minimum absolute atomic E-state index is 0.0430. The highest BCUT2D eigenvalue weighted by atomic mass is 32.2. The second-order valence-electron chi connectivity index (χ2n) is 7.49. The Morgan fingerprint density at radius 3 is 2.30 bits per heavy atom. The van der Waals surface area contributed by atoms with Crippen molar-refractivity contribution >= 4 is 34.7 Å². The number of thioether (sulfide) groups is 1. The molecule has 6 heteroatoms. The summed E-state index contributed by atoms with van der Waals surface area (Å²) >= 11 is 3.31. The average molecular weight is 400 g/mol. The lowest BCUT2D eigenvalue weighted by atomic mass is 9.81. The van der Waals surface area contributed by atoms with Crippen molar-refractivity contribution < 1.29 is 14.3 Å². The summed E-state index contributed by atoms with van der Waals surface area (Å²) in [6, 6.07) is 8.29. The molecule has 27 heavy (non-hydrogen) atoms. The van der Waals surface area contributed by atoms with Crippen LogP contribution >= 0.6 is 23.1 Å². The monoisotopic (exact) mass is 399 g/mol. The van der Waals surface area contributed by atoms with Gasteiger partial charge in [-0.1, -0.05) is 19.1 Å². The number of benzene rings is 1. The van der Waals surface area contributed by atoms with E-state index in [9.17, 15) is 9.59 Å². The Balaban J connectivity index is 1.52. The van der Waals surface area contributed by atoms with Crippen molar-refractivity contribution in [2.45, 2.75) is 49.2 Å². The van der Waals surface area contributed by atoms with Crippen molar-refractivity contribution in [1.29, 1.82) is 0 Å². The molecule has 1 unspecified atom stereocenters. The third-order valence-electron chi connectivity index (χ3n) is 6.16. The van der Waals surface area contributed by atoms with Crippen LogP contribution in [-0.2, 0) is 20.7 Å². The molecular formula is C21H21NO3S2. The number of rotatable bonds is 4. The molecule has 2 bridgehead atoms. The van der Waals surface area contributed by atoms with E-state index in [0.29, 0.717) is 5.69 Å². The molecule has 5 atom stereocenters. The Bertz CT molecular complexity index is 892. The van der Waals surface area contributed by atoms with Gasteiger partial charge in [-0.25, -0.2) is 4.98 Å². The van der Waals surface area contributed by atoms with Crippen LogP contribution in [0.15, 0.2) is 29.2 Å². The molecular weight excluding hydrogens is 378 g/mol. The first kappa shape index (κ1) is 17.6. The number of hydrogen-bond acceptors (Lipinski definition) is 6. The Labute approximate surface area is 166 Å². The second kappa shape index (κ2) is 6.54. The van der Waals surface area contributed by atoms with Gasteiger partial charge in [0.25, 0.3) is 0 Å². The lowest BCUT2D eigenvalue weighted by molar-refractivity contribution is -0.127. The highest BCUT2D eigenvalue weighted by Crippen LogP contribution is 2.53. The first-order valence-electron chi connectivity index (χ1n) is 9.49.